The maximum Gasteiger partial charge on any atom is 0.270 e. The second-order valence-corrected chi connectivity index (χ2v) is 50.8. The Kier molecular flexibility index (Phi) is 45.5. The number of sulfonamides is 4. The molecule has 0 N–H and O–H groups in total. The quantitative estimate of drug-likeness (QED) is 0.0148. The molecule has 0 spiro atoms. The summed E-state index contributed by atoms with van der Waals surface area (Å²) in [6.45, 7) is 7.53. The van der Waals surface area contributed by atoms with Gasteiger partial charge in [0.1, 0.15) is 19.6 Å². The molecular weight excluding hydrogens is 2350 g/mol. The summed E-state index contributed by atoms with van der Waals surface area (Å²) in [5, 5.41) is 48.8. The van der Waals surface area contributed by atoms with Crippen LogP contribution in [0, 0.1) is 40.5 Å². The summed E-state index contributed by atoms with van der Waals surface area (Å²) in [4.78, 5) is 57.3. The maximum atomic E-state index is 13.7. The molecule has 58 heteroatoms. The molecule has 4 heterocycles. The number of anilines is 6. The van der Waals surface area contributed by atoms with Crippen molar-refractivity contribution in [3.05, 3.63) is 244 Å². The average Bonchev–Trinajstić information content (AvgIpc) is 0.780. The van der Waals surface area contributed by atoms with E-state index >= 15 is 0 Å². The third kappa shape index (κ3) is 36.1. The van der Waals surface area contributed by atoms with Gasteiger partial charge < -0.3 is 29.4 Å². The number of halogens is 6. The van der Waals surface area contributed by atoms with E-state index in [4.69, 9.17) is 39.9 Å². The molecule has 0 unspecified atom stereocenters. The highest BCUT2D eigenvalue weighted by molar-refractivity contribution is 9.09. The molecule has 8 aromatic rings. The SMILES string of the molecule is CS(=O)(=O)OCCN(CCBr)c1ccc([N+](=O)[O-])cc1S(=O)(=O)N1CCN(Cc2cccc(Cl)c2)CC1.CS(=O)(=O)OCCN(CCBr)c1ccc([N+](=O)[O-])cc1S(=O)(=O)N1CCN(Cc2ccccc2)CC1.CS(=O)(=O)OCCN(CCBr)c1ccc([N+](=O)[O-])cc1S(=O)(=O)N1CCN(c2cccc(Cl)c2)CC1.CS(=O)(=O)OCCN(CCBr)c1ccc([N+](=O)[O-])cc1S(=O)(=O)N1CCN(c2ccccc2)CC1. The molecule has 12 rings (SSSR count). The van der Waals surface area contributed by atoms with E-state index in [0.717, 1.165) is 71.8 Å². The Balaban J connectivity index is 0.000000214. The zero-order valence-corrected chi connectivity index (χ0v) is 92.9. The monoisotopic (exact) mass is 2460 g/mol. The van der Waals surface area contributed by atoms with E-state index in [-0.39, 0.29) is 170 Å². The van der Waals surface area contributed by atoms with Gasteiger partial charge in [0, 0.05) is 261 Å². The first-order chi connectivity index (χ1) is 67.9. The minimum atomic E-state index is -4.12. The van der Waals surface area contributed by atoms with E-state index in [1.807, 2.05) is 95.9 Å². The van der Waals surface area contributed by atoms with Crippen molar-refractivity contribution >= 4 is 224 Å². The molecule has 0 saturated carbocycles. The molecule has 0 radical (unpaired) electrons. The Morgan fingerprint density at radius 3 is 0.799 bits per heavy atom. The van der Waals surface area contributed by atoms with E-state index in [1.54, 1.807) is 37.8 Å². The van der Waals surface area contributed by atoms with Crippen LogP contribution in [-0.4, -0.2) is 344 Å². The summed E-state index contributed by atoms with van der Waals surface area (Å²) in [7, 11) is -31.1. The van der Waals surface area contributed by atoms with Crippen LogP contribution in [-0.2, 0) is 110 Å². The number of hydrogen-bond acceptors (Lipinski definition) is 36. The van der Waals surface area contributed by atoms with Crippen LogP contribution in [0.2, 0.25) is 10.0 Å². The zero-order chi connectivity index (χ0) is 106. The first kappa shape index (κ1) is 119. The molecule has 4 aliphatic heterocycles. The number of nitro groups is 4. The number of non-ortho nitro benzene ring substituents is 4. The number of alkyl halides is 4. The third-order valence-corrected chi connectivity index (χ3v) is 34.5. The molecule has 0 aliphatic carbocycles. The molecule has 44 nitrogen and oxygen atoms in total. The van der Waals surface area contributed by atoms with Crippen LogP contribution >= 0.6 is 86.9 Å². The molecule has 4 saturated heterocycles. The fourth-order valence-corrected chi connectivity index (χ4v) is 25.8. The second-order valence-electron chi connectivity index (χ2n) is 32.5. The smallest absolute Gasteiger partial charge is 0.270 e. The molecule has 8 aromatic carbocycles. The van der Waals surface area contributed by atoms with Gasteiger partial charge in [-0.15, -0.1) is 0 Å². The van der Waals surface area contributed by atoms with Gasteiger partial charge in [-0.1, -0.05) is 154 Å². The van der Waals surface area contributed by atoms with Crippen molar-refractivity contribution in [1.29, 1.82) is 0 Å². The molecule has 4 aliphatic rings. The largest absolute Gasteiger partial charge is 0.369 e. The van der Waals surface area contributed by atoms with Gasteiger partial charge in [-0.2, -0.15) is 50.9 Å². The molecular formula is C86H110Br4Cl2N16O28S8. The van der Waals surface area contributed by atoms with Crippen LogP contribution in [0.15, 0.2) is 202 Å². The van der Waals surface area contributed by atoms with Gasteiger partial charge in [0.05, 0.1) is 93.9 Å². The number of nitro benzene ring substituents is 4. The predicted octanol–water partition coefficient (Wildman–Crippen LogP) is 10.4. The number of rotatable bonds is 46. The number of benzene rings is 8. The standard InChI is InChI=1S/C22H28BrClN4O7S2.C22H29BrN4O7S2.C21H26BrClN4O7S2.C21H27BrN4O7S2/c1-36(31,32)35-14-13-26(8-7-23)21-6-5-20(28(29)30)16-22(21)37(33,34)27-11-9-25(10-12-27)17-18-3-2-4-19(24)15-18;1-35(30,31)34-16-15-25(10-9-23)21-8-7-20(27(28)29)17-22(21)36(32,33)26-13-11-24(12-14-26)18-19-5-3-2-4-6-19;1-35(30,31)34-14-13-25(8-7-22)20-6-5-19(27(28)29)16-21(20)36(32,33)26-11-9-24(10-12-26)18-4-2-3-17(23)15-18;1-34(29,30)33-16-15-24(10-9-22)20-8-7-19(26(27)28)17-21(20)35(31,32)25-13-11-23(12-14-25)18-5-3-2-4-6-18/h2-6,15-16H,7-14,17H2,1H3;2-8,17H,9-16,18H2,1H3;2-6,15-16H,7-14H2,1H3;2-8,17H,9-16H2,1H3. The molecule has 4 fully saturated rings. The second kappa shape index (κ2) is 54.9. The lowest BCUT2D eigenvalue weighted by Crippen LogP contribution is -2.49. The van der Waals surface area contributed by atoms with Gasteiger partial charge in [-0.25, -0.2) is 33.7 Å². The lowest BCUT2D eigenvalue weighted by Gasteiger charge is -2.36. The Morgan fingerprint density at radius 2 is 0.535 bits per heavy atom. The van der Waals surface area contributed by atoms with Crippen LogP contribution in [0.4, 0.5) is 56.9 Å². The summed E-state index contributed by atoms with van der Waals surface area (Å²) >= 11 is 25.4. The van der Waals surface area contributed by atoms with Crippen LogP contribution < -0.4 is 29.4 Å². The van der Waals surface area contributed by atoms with E-state index < -0.39 is 100 Å². The lowest BCUT2D eigenvalue weighted by molar-refractivity contribution is -0.385. The number of nitrogens with zero attached hydrogens (tertiary/aromatic N) is 16. The molecule has 0 amide bonds. The van der Waals surface area contributed by atoms with Gasteiger partial charge in [-0.3, -0.25) is 67.0 Å². The maximum absolute atomic E-state index is 13.7. The summed E-state index contributed by atoms with van der Waals surface area (Å²) in [5.41, 5.74) is 3.60. The predicted molar refractivity (Wildman–Crippen MR) is 565 cm³/mol. The highest BCUT2D eigenvalue weighted by atomic mass is 79.9. The summed E-state index contributed by atoms with van der Waals surface area (Å²) < 4.78 is 225. The van der Waals surface area contributed by atoms with Crippen molar-refractivity contribution < 1.29 is 104 Å². The van der Waals surface area contributed by atoms with Crippen LogP contribution in [0.25, 0.3) is 0 Å². The molecule has 792 valence electrons. The Hall–Kier alpha value is -8.14. The number of hydrogen-bond donors (Lipinski definition) is 0. The van der Waals surface area contributed by atoms with Crippen molar-refractivity contribution in [3.63, 3.8) is 0 Å². The van der Waals surface area contributed by atoms with Crippen LogP contribution in [0.3, 0.4) is 0 Å². The Bertz CT molecular complexity index is 6700. The normalized spacial score (nSPS) is 15.4. The van der Waals surface area contributed by atoms with E-state index in [1.165, 1.54) is 65.8 Å². The molecule has 144 heavy (non-hydrogen) atoms. The van der Waals surface area contributed by atoms with Gasteiger partial charge in [0.2, 0.25) is 40.1 Å². The topological polar surface area (TPSA) is 521 Å². The van der Waals surface area contributed by atoms with Crippen molar-refractivity contribution in [1.82, 2.24) is 27.0 Å². The van der Waals surface area contributed by atoms with Crippen molar-refractivity contribution in [2.45, 2.75) is 32.7 Å². The van der Waals surface area contributed by atoms with Crippen molar-refractivity contribution in [2.75, 3.05) is 259 Å². The van der Waals surface area contributed by atoms with Gasteiger partial charge >= 0.3 is 0 Å². The summed E-state index contributed by atoms with van der Waals surface area (Å²) in [5.74, 6) is 0. The van der Waals surface area contributed by atoms with Crippen LogP contribution in [0.5, 0.6) is 0 Å². The molecule has 0 atom stereocenters. The lowest BCUT2D eigenvalue weighted by atomic mass is 10.2. The van der Waals surface area contributed by atoms with E-state index in [2.05, 4.69) is 78.4 Å². The zero-order valence-electron chi connectivity index (χ0n) is 78.5. The minimum Gasteiger partial charge on any atom is -0.369 e. The van der Waals surface area contributed by atoms with Crippen molar-refractivity contribution in [2.24, 2.45) is 0 Å². The van der Waals surface area contributed by atoms with Crippen LogP contribution in [0.1, 0.15) is 11.1 Å². The van der Waals surface area contributed by atoms with E-state index in [0.29, 0.717) is 123 Å². The minimum absolute atomic E-state index is 0.0571. The Labute approximate surface area is 882 Å². The fourth-order valence-electron chi connectivity index (χ4n) is 15.6. The summed E-state index contributed by atoms with van der Waals surface area (Å²) in [6.07, 6.45) is 3.71. The van der Waals surface area contributed by atoms with Gasteiger partial charge in [0.25, 0.3) is 63.2 Å². The molecule has 0 aromatic heterocycles. The highest BCUT2D eigenvalue weighted by Crippen LogP contribution is 2.39. The third-order valence-electron chi connectivity index (χ3n) is 22.5. The first-order valence-electron chi connectivity index (χ1n) is 44.2. The highest BCUT2D eigenvalue weighted by Gasteiger charge is 2.40. The van der Waals surface area contributed by atoms with Gasteiger partial charge in [-0.05, 0) is 77.9 Å². The number of para-hydroxylation sites is 1. The number of piperazine rings is 4. The fraction of sp³-hybridized carbons (Fsp3) is 0.442. The average molecular weight is 2460 g/mol. The molecule has 0 bridgehead atoms. The first-order valence-corrected chi connectivity index (χ1v) is 62.4. The Morgan fingerprint density at radius 1 is 0.292 bits per heavy atom. The van der Waals surface area contributed by atoms with E-state index in [9.17, 15) is 108 Å². The van der Waals surface area contributed by atoms with Crippen molar-refractivity contribution in [3.8, 4) is 0 Å². The summed E-state index contributed by atoms with van der Waals surface area (Å²) in [6, 6.07) is 49.0. The van der Waals surface area contributed by atoms with Gasteiger partial charge in [0.15, 0.2) is 0 Å².